The summed E-state index contributed by atoms with van der Waals surface area (Å²) in [4.78, 5) is 15.5. The third-order valence-corrected chi connectivity index (χ3v) is 9.37. The maximum absolute atomic E-state index is 13.2. The minimum Gasteiger partial charge on any atom is -0.465 e. The van der Waals surface area contributed by atoms with Crippen molar-refractivity contribution < 1.29 is 18.3 Å². The van der Waals surface area contributed by atoms with Gasteiger partial charge < -0.3 is 14.9 Å². The van der Waals surface area contributed by atoms with Crippen molar-refractivity contribution in [1.82, 2.24) is 9.80 Å². The SMILES string of the molecule is CCN(CC1CCN(C(=O)O)CC1)C1CCc2ccc(NS(=O)(=O)c3ccc4ccccc4c3)cc2C1. The van der Waals surface area contributed by atoms with E-state index < -0.39 is 16.1 Å². The number of amides is 1. The summed E-state index contributed by atoms with van der Waals surface area (Å²) in [6.45, 7) is 5.36. The second-order valence-corrected chi connectivity index (χ2v) is 12.0. The van der Waals surface area contributed by atoms with Gasteiger partial charge in [0.05, 0.1) is 4.90 Å². The molecule has 0 aromatic heterocycles. The number of nitrogens with one attached hydrogen (secondary N) is 1. The van der Waals surface area contributed by atoms with Gasteiger partial charge in [0.2, 0.25) is 0 Å². The summed E-state index contributed by atoms with van der Waals surface area (Å²) in [5, 5.41) is 11.1. The van der Waals surface area contributed by atoms with Crippen molar-refractivity contribution in [3.05, 3.63) is 71.8 Å². The van der Waals surface area contributed by atoms with Gasteiger partial charge in [-0.2, -0.15) is 0 Å². The van der Waals surface area contributed by atoms with Gasteiger partial charge in [0.25, 0.3) is 10.0 Å². The Kier molecular flexibility index (Phi) is 7.40. The highest BCUT2D eigenvalue weighted by Gasteiger charge is 2.28. The third kappa shape index (κ3) is 5.75. The molecule has 1 amide bonds. The predicted octanol–water partition coefficient (Wildman–Crippen LogP) is 5.21. The van der Waals surface area contributed by atoms with E-state index in [-0.39, 0.29) is 4.90 Å². The van der Waals surface area contributed by atoms with Gasteiger partial charge in [0.1, 0.15) is 0 Å². The Morgan fingerprint density at radius 2 is 1.76 bits per heavy atom. The number of carbonyl (C=O) groups is 1. The summed E-state index contributed by atoms with van der Waals surface area (Å²) in [7, 11) is -3.70. The van der Waals surface area contributed by atoms with Crippen LogP contribution in [-0.4, -0.2) is 61.6 Å². The molecule has 1 heterocycles. The Hall–Kier alpha value is -3.10. The van der Waals surface area contributed by atoms with E-state index in [1.54, 1.807) is 12.1 Å². The van der Waals surface area contributed by atoms with Crippen LogP contribution in [0.25, 0.3) is 10.8 Å². The largest absolute Gasteiger partial charge is 0.465 e. The fraction of sp³-hybridized carbons (Fsp3) is 0.414. The van der Waals surface area contributed by atoms with Gasteiger partial charge >= 0.3 is 6.09 Å². The number of hydrogen-bond acceptors (Lipinski definition) is 4. The second kappa shape index (κ2) is 10.7. The molecule has 0 bridgehead atoms. The van der Waals surface area contributed by atoms with Crippen molar-refractivity contribution in [3.63, 3.8) is 0 Å². The molecule has 1 aliphatic heterocycles. The van der Waals surface area contributed by atoms with Crippen molar-refractivity contribution >= 4 is 32.6 Å². The monoisotopic (exact) mass is 521 g/mol. The second-order valence-electron chi connectivity index (χ2n) is 10.3. The summed E-state index contributed by atoms with van der Waals surface area (Å²) in [6.07, 6.45) is 3.95. The summed E-state index contributed by atoms with van der Waals surface area (Å²) in [6, 6.07) is 19.3. The van der Waals surface area contributed by atoms with Gasteiger partial charge in [-0.05, 0) is 90.7 Å². The molecule has 1 fully saturated rings. The van der Waals surface area contributed by atoms with Crippen LogP contribution in [0.4, 0.5) is 10.5 Å². The Morgan fingerprint density at radius 1 is 1.00 bits per heavy atom. The molecule has 1 aliphatic carbocycles. The molecule has 2 N–H and O–H groups in total. The number of sulfonamides is 1. The van der Waals surface area contributed by atoms with Crippen molar-refractivity contribution in [2.24, 2.45) is 5.92 Å². The lowest BCUT2D eigenvalue weighted by molar-refractivity contribution is 0.101. The average molecular weight is 522 g/mol. The molecule has 1 saturated heterocycles. The molecule has 0 radical (unpaired) electrons. The molecule has 5 rings (SSSR count). The van der Waals surface area contributed by atoms with Crippen LogP contribution >= 0.6 is 0 Å². The Morgan fingerprint density at radius 3 is 2.49 bits per heavy atom. The first-order valence-electron chi connectivity index (χ1n) is 13.2. The molecule has 8 heteroatoms. The number of hydrogen-bond donors (Lipinski definition) is 2. The normalized spacial score (nSPS) is 18.6. The maximum Gasteiger partial charge on any atom is 0.407 e. The number of carboxylic acid groups (broad SMARTS) is 1. The summed E-state index contributed by atoms with van der Waals surface area (Å²) < 4.78 is 29.1. The number of likely N-dealkylation sites (N-methyl/N-ethyl adjacent to an activating group) is 1. The first-order chi connectivity index (χ1) is 17.8. The van der Waals surface area contributed by atoms with Crippen molar-refractivity contribution in [2.45, 2.75) is 50.0 Å². The predicted molar refractivity (Wildman–Crippen MR) is 147 cm³/mol. The molecule has 196 valence electrons. The first-order valence-corrected chi connectivity index (χ1v) is 14.7. The summed E-state index contributed by atoms with van der Waals surface area (Å²) in [5.74, 6) is 0.511. The van der Waals surface area contributed by atoms with E-state index in [4.69, 9.17) is 0 Å². The zero-order chi connectivity index (χ0) is 26.0. The van der Waals surface area contributed by atoms with Crippen LogP contribution in [0.5, 0.6) is 0 Å². The summed E-state index contributed by atoms with van der Waals surface area (Å²) in [5.41, 5.74) is 3.08. The minimum absolute atomic E-state index is 0.257. The van der Waals surface area contributed by atoms with Crippen LogP contribution < -0.4 is 4.72 Å². The highest BCUT2D eigenvalue weighted by Crippen LogP contribution is 2.30. The van der Waals surface area contributed by atoms with E-state index in [1.165, 1.54) is 16.0 Å². The molecule has 0 spiro atoms. The number of nitrogens with zero attached hydrogens (tertiary/aromatic N) is 2. The average Bonchev–Trinajstić information content (AvgIpc) is 2.91. The van der Waals surface area contributed by atoms with Crippen LogP contribution in [0.15, 0.2) is 65.6 Å². The minimum atomic E-state index is -3.70. The van der Waals surface area contributed by atoms with Gasteiger partial charge in [-0.15, -0.1) is 0 Å². The molecule has 37 heavy (non-hydrogen) atoms. The Bertz CT molecular complexity index is 1380. The smallest absolute Gasteiger partial charge is 0.407 e. The van der Waals surface area contributed by atoms with E-state index in [2.05, 4.69) is 22.6 Å². The number of aryl methyl sites for hydroxylation is 1. The molecule has 7 nitrogen and oxygen atoms in total. The van der Waals surface area contributed by atoms with E-state index in [0.29, 0.717) is 30.7 Å². The van der Waals surface area contributed by atoms with Crippen LogP contribution in [0, 0.1) is 5.92 Å². The van der Waals surface area contributed by atoms with Crippen molar-refractivity contribution in [1.29, 1.82) is 0 Å². The number of benzene rings is 3. The summed E-state index contributed by atoms with van der Waals surface area (Å²) >= 11 is 0. The fourth-order valence-corrected chi connectivity index (χ4v) is 6.92. The standard InChI is InChI=1S/C29H35N3O4S/c1-2-31(20-21-13-15-32(16-14-21)29(33)34)27-11-8-23-7-10-26(17-25(23)18-27)30-37(35,36)28-12-9-22-5-3-4-6-24(22)19-28/h3-7,9-10,12,17,19,21,27,30H,2,8,11,13-16,18,20H2,1H3,(H,33,34). The highest BCUT2D eigenvalue weighted by atomic mass is 32.2. The molecule has 3 aromatic rings. The van der Waals surface area contributed by atoms with E-state index in [0.717, 1.165) is 56.0 Å². The zero-order valence-corrected chi connectivity index (χ0v) is 22.1. The topological polar surface area (TPSA) is 89.9 Å². The van der Waals surface area contributed by atoms with Crippen LogP contribution in [0.2, 0.25) is 0 Å². The number of anilines is 1. The molecule has 1 atom stereocenters. The quantitative estimate of drug-likeness (QED) is 0.446. The maximum atomic E-state index is 13.2. The number of likely N-dealkylation sites (tertiary alicyclic amines) is 1. The Balaban J connectivity index is 1.26. The number of fused-ring (bicyclic) bond motifs is 2. The Labute approximate surface area is 219 Å². The molecule has 1 unspecified atom stereocenters. The van der Waals surface area contributed by atoms with E-state index in [1.807, 2.05) is 42.5 Å². The van der Waals surface area contributed by atoms with Gasteiger partial charge in [-0.3, -0.25) is 4.72 Å². The fourth-order valence-electron chi connectivity index (χ4n) is 5.84. The molecule has 0 saturated carbocycles. The third-order valence-electron chi connectivity index (χ3n) is 7.99. The van der Waals surface area contributed by atoms with Crippen LogP contribution in [-0.2, 0) is 22.9 Å². The highest BCUT2D eigenvalue weighted by molar-refractivity contribution is 7.92. The lowest BCUT2D eigenvalue weighted by Gasteiger charge is -2.39. The van der Waals surface area contributed by atoms with Gasteiger partial charge in [0, 0.05) is 31.4 Å². The van der Waals surface area contributed by atoms with Gasteiger partial charge in [-0.25, -0.2) is 13.2 Å². The molecule has 2 aliphatic rings. The van der Waals surface area contributed by atoms with Gasteiger partial charge in [0.15, 0.2) is 0 Å². The van der Waals surface area contributed by atoms with E-state index in [9.17, 15) is 18.3 Å². The zero-order valence-electron chi connectivity index (χ0n) is 21.3. The number of piperidine rings is 1. The molecule has 3 aromatic carbocycles. The first kappa shape index (κ1) is 25.5. The van der Waals surface area contributed by atoms with Crippen molar-refractivity contribution in [2.75, 3.05) is 30.9 Å². The molecular formula is C29H35N3O4S. The molecular weight excluding hydrogens is 486 g/mol. The van der Waals surface area contributed by atoms with Crippen LogP contribution in [0.3, 0.4) is 0 Å². The van der Waals surface area contributed by atoms with E-state index >= 15 is 0 Å². The van der Waals surface area contributed by atoms with Crippen molar-refractivity contribution in [3.8, 4) is 0 Å². The van der Waals surface area contributed by atoms with Crippen LogP contribution in [0.1, 0.15) is 37.3 Å². The lowest BCUT2D eigenvalue weighted by Crippen LogP contribution is -2.45. The van der Waals surface area contributed by atoms with Gasteiger partial charge in [-0.1, -0.05) is 43.3 Å². The lowest BCUT2D eigenvalue weighted by atomic mass is 9.86. The number of rotatable bonds is 7.